The maximum absolute atomic E-state index is 12.3. The van der Waals surface area contributed by atoms with Crippen molar-refractivity contribution in [3.63, 3.8) is 0 Å². The standard InChI is InChI=1S/C15H29NO2/c1-11(17)8-9-12(10-16-15(5,6)7)13(18)14(2,3)4/h12,16H,8-10H2,1-7H3. The number of ketones is 2. The largest absolute Gasteiger partial charge is 0.311 e. The molecule has 0 spiro atoms. The fourth-order valence-electron chi connectivity index (χ4n) is 1.75. The van der Waals surface area contributed by atoms with E-state index < -0.39 is 0 Å². The van der Waals surface area contributed by atoms with Crippen molar-refractivity contribution in [2.24, 2.45) is 11.3 Å². The zero-order chi connectivity index (χ0) is 14.6. The normalized spacial score (nSPS) is 14.4. The van der Waals surface area contributed by atoms with E-state index in [1.807, 2.05) is 20.8 Å². The first-order valence-corrected chi connectivity index (χ1v) is 6.72. The van der Waals surface area contributed by atoms with E-state index in [-0.39, 0.29) is 28.4 Å². The first kappa shape index (κ1) is 17.3. The van der Waals surface area contributed by atoms with Gasteiger partial charge in [0, 0.05) is 29.8 Å². The van der Waals surface area contributed by atoms with Crippen molar-refractivity contribution < 1.29 is 9.59 Å². The molecule has 0 radical (unpaired) electrons. The van der Waals surface area contributed by atoms with Crippen molar-refractivity contribution in [2.75, 3.05) is 6.54 Å². The highest BCUT2D eigenvalue weighted by molar-refractivity contribution is 5.86. The Kier molecular flexibility index (Phi) is 6.21. The van der Waals surface area contributed by atoms with Crippen molar-refractivity contribution in [3.05, 3.63) is 0 Å². The number of carbonyl (C=O) groups excluding carboxylic acids is 2. The summed E-state index contributed by atoms with van der Waals surface area (Å²) in [6.45, 7) is 14.3. The molecular weight excluding hydrogens is 226 g/mol. The zero-order valence-corrected chi connectivity index (χ0v) is 13.0. The second-order valence-electron chi connectivity index (χ2n) is 7.18. The van der Waals surface area contributed by atoms with Gasteiger partial charge in [0.15, 0.2) is 0 Å². The molecule has 0 aromatic carbocycles. The number of hydrogen-bond acceptors (Lipinski definition) is 3. The van der Waals surface area contributed by atoms with Crippen LogP contribution >= 0.6 is 0 Å². The number of rotatable bonds is 6. The van der Waals surface area contributed by atoms with E-state index in [0.717, 1.165) is 0 Å². The maximum Gasteiger partial charge on any atom is 0.142 e. The highest BCUT2D eigenvalue weighted by Crippen LogP contribution is 2.23. The van der Waals surface area contributed by atoms with Crippen LogP contribution in [-0.2, 0) is 9.59 Å². The van der Waals surface area contributed by atoms with E-state index in [2.05, 4.69) is 26.1 Å². The summed E-state index contributed by atoms with van der Waals surface area (Å²) in [6.07, 6.45) is 1.13. The average molecular weight is 255 g/mol. The van der Waals surface area contributed by atoms with Crippen LogP contribution in [0.3, 0.4) is 0 Å². The first-order valence-electron chi connectivity index (χ1n) is 6.72. The molecular formula is C15H29NO2. The first-order chi connectivity index (χ1) is 7.93. The number of nitrogens with one attached hydrogen (secondary N) is 1. The van der Waals surface area contributed by atoms with E-state index in [4.69, 9.17) is 0 Å². The summed E-state index contributed by atoms with van der Waals surface area (Å²) in [6, 6.07) is 0. The fourth-order valence-corrected chi connectivity index (χ4v) is 1.75. The van der Waals surface area contributed by atoms with Gasteiger partial charge in [0.1, 0.15) is 11.6 Å². The van der Waals surface area contributed by atoms with Gasteiger partial charge in [-0.1, -0.05) is 20.8 Å². The second-order valence-corrected chi connectivity index (χ2v) is 7.18. The molecule has 0 aliphatic heterocycles. The summed E-state index contributed by atoms with van der Waals surface area (Å²) in [5.74, 6) is 0.311. The minimum atomic E-state index is -0.346. The zero-order valence-electron chi connectivity index (χ0n) is 13.0. The number of Topliss-reactive ketones (excluding diaryl/α,β-unsaturated/α-hetero) is 2. The van der Waals surface area contributed by atoms with Gasteiger partial charge in [-0.3, -0.25) is 4.79 Å². The molecule has 3 nitrogen and oxygen atoms in total. The van der Waals surface area contributed by atoms with Crippen molar-refractivity contribution in [1.29, 1.82) is 0 Å². The van der Waals surface area contributed by atoms with Crippen LogP contribution in [0.2, 0.25) is 0 Å². The Morgan fingerprint density at radius 3 is 1.89 bits per heavy atom. The predicted molar refractivity (Wildman–Crippen MR) is 75.6 cm³/mol. The van der Waals surface area contributed by atoms with Crippen LogP contribution in [0.25, 0.3) is 0 Å². The molecule has 0 aliphatic rings. The Morgan fingerprint density at radius 2 is 1.56 bits per heavy atom. The van der Waals surface area contributed by atoms with Crippen LogP contribution in [-0.4, -0.2) is 23.7 Å². The number of carbonyl (C=O) groups is 2. The molecule has 1 unspecified atom stereocenters. The molecule has 1 N–H and O–H groups in total. The van der Waals surface area contributed by atoms with Gasteiger partial charge in [0.25, 0.3) is 0 Å². The van der Waals surface area contributed by atoms with Crippen molar-refractivity contribution in [2.45, 2.75) is 66.8 Å². The molecule has 0 saturated heterocycles. The second kappa shape index (κ2) is 6.46. The summed E-state index contributed by atoms with van der Waals surface area (Å²) < 4.78 is 0. The molecule has 1 atom stereocenters. The lowest BCUT2D eigenvalue weighted by molar-refractivity contribution is -0.130. The van der Waals surface area contributed by atoms with E-state index in [1.54, 1.807) is 6.92 Å². The fraction of sp³-hybridized carbons (Fsp3) is 0.867. The quantitative estimate of drug-likeness (QED) is 0.793. The molecule has 106 valence electrons. The number of hydrogen-bond donors (Lipinski definition) is 1. The van der Waals surface area contributed by atoms with Crippen LogP contribution in [0.15, 0.2) is 0 Å². The Labute approximate surface area is 112 Å². The third kappa shape index (κ3) is 7.59. The minimum absolute atomic E-state index is 0.00730. The third-order valence-corrected chi connectivity index (χ3v) is 2.83. The van der Waals surface area contributed by atoms with Crippen molar-refractivity contribution >= 4 is 11.6 Å². The summed E-state index contributed by atoms with van der Waals surface area (Å²) in [4.78, 5) is 23.4. The molecule has 0 aliphatic carbocycles. The van der Waals surface area contributed by atoms with Gasteiger partial charge >= 0.3 is 0 Å². The molecule has 0 bridgehead atoms. The lowest BCUT2D eigenvalue weighted by atomic mass is 9.80. The SMILES string of the molecule is CC(=O)CCC(CNC(C)(C)C)C(=O)C(C)(C)C. The molecule has 0 saturated carbocycles. The van der Waals surface area contributed by atoms with Crippen LogP contribution in [0.4, 0.5) is 0 Å². The smallest absolute Gasteiger partial charge is 0.142 e. The summed E-state index contributed by atoms with van der Waals surface area (Å²) >= 11 is 0. The molecule has 0 amide bonds. The highest BCUT2D eigenvalue weighted by atomic mass is 16.1. The Balaban J connectivity index is 4.62. The summed E-state index contributed by atoms with van der Waals surface area (Å²) in [5, 5.41) is 3.37. The van der Waals surface area contributed by atoms with Crippen molar-refractivity contribution in [1.82, 2.24) is 5.32 Å². The Bertz CT molecular complexity index is 295. The molecule has 0 fully saturated rings. The van der Waals surface area contributed by atoms with Gasteiger partial charge in [-0.2, -0.15) is 0 Å². The lowest BCUT2D eigenvalue weighted by Gasteiger charge is -2.28. The van der Waals surface area contributed by atoms with Crippen molar-refractivity contribution in [3.8, 4) is 0 Å². The topological polar surface area (TPSA) is 46.2 Å². The maximum atomic E-state index is 12.3. The predicted octanol–water partition coefficient (Wildman–Crippen LogP) is 2.98. The lowest BCUT2D eigenvalue weighted by Crippen LogP contribution is -2.43. The van der Waals surface area contributed by atoms with Gasteiger partial charge in [-0.25, -0.2) is 0 Å². The molecule has 0 heterocycles. The Hall–Kier alpha value is -0.700. The molecule has 0 rings (SSSR count). The highest BCUT2D eigenvalue weighted by Gasteiger charge is 2.30. The van der Waals surface area contributed by atoms with Crippen LogP contribution in [0.1, 0.15) is 61.3 Å². The van der Waals surface area contributed by atoms with Crippen LogP contribution in [0, 0.1) is 11.3 Å². The molecule has 0 aromatic heterocycles. The van der Waals surface area contributed by atoms with Gasteiger partial charge in [0.05, 0.1) is 0 Å². The van der Waals surface area contributed by atoms with Crippen LogP contribution < -0.4 is 5.32 Å². The van der Waals surface area contributed by atoms with Gasteiger partial charge in [0.2, 0.25) is 0 Å². The van der Waals surface area contributed by atoms with Crippen LogP contribution in [0.5, 0.6) is 0 Å². The summed E-state index contributed by atoms with van der Waals surface area (Å²) in [7, 11) is 0. The summed E-state index contributed by atoms with van der Waals surface area (Å²) in [5.41, 5.74) is -0.354. The van der Waals surface area contributed by atoms with E-state index >= 15 is 0 Å². The molecule has 3 heteroatoms. The average Bonchev–Trinajstić information content (AvgIpc) is 2.13. The molecule has 0 aromatic rings. The van der Waals surface area contributed by atoms with Gasteiger partial charge in [-0.05, 0) is 34.1 Å². The minimum Gasteiger partial charge on any atom is -0.311 e. The van der Waals surface area contributed by atoms with Gasteiger partial charge < -0.3 is 10.1 Å². The van der Waals surface area contributed by atoms with E-state index in [9.17, 15) is 9.59 Å². The van der Waals surface area contributed by atoms with E-state index in [1.165, 1.54) is 0 Å². The van der Waals surface area contributed by atoms with Gasteiger partial charge in [-0.15, -0.1) is 0 Å². The Morgan fingerprint density at radius 1 is 1.06 bits per heavy atom. The monoisotopic (exact) mass is 255 g/mol. The van der Waals surface area contributed by atoms with E-state index in [0.29, 0.717) is 19.4 Å². The molecule has 18 heavy (non-hydrogen) atoms. The third-order valence-electron chi connectivity index (χ3n) is 2.83.